The van der Waals surface area contributed by atoms with Gasteiger partial charge >= 0.3 is 0 Å². The normalized spacial score (nSPS) is 23.7. The molecule has 1 fully saturated rings. The first-order valence-corrected chi connectivity index (χ1v) is 6.30. The van der Waals surface area contributed by atoms with Crippen LogP contribution in [0, 0.1) is 0 Å². The zero-order chi connectivity index (χ0) is 12.4. The van der Waals surface area contributed by atoms with Gasteiger partial charge in [0.15, 0.2) is 0 Å². The van der Waals surface area contributed by atoms with Gasteiger partial charge in [-0.25, -0.2) is 0 Å². The van der Waals surface area contributed by atoms with E-state index in [2.05, 4.69) is 21.2 Å². The van der Waals surface area contributed by atoms with E-state index < -0.39 is 6.10 Å². The third-order valence-corrected chi connectivity index (χ3v) is 3.53. The molecule has 1 heterocycles. The van der Waals surface area contributed by atoms with Crippen LogP contribution < -0.4 is 5.32 Å². The highest BCUT2D eigenvalue weighted by Gasteiger charge is 2.31. The fraction of sp³-hybridized carbons (Fsp3) is 0.417. The maximum Gasteiger partial charge on any atom is 0.254 e. The number of nitrogens with zero attached hydrogens (tertiary/aromatic N) is 1. The average Bonchev–Trinajstić information content (AvgIpc) is 2.73. The van der Waals surface area contributed by atoms with E-state index in [-0.39, 0.29) is 11.9 Å². The number of hydrogen-bond donors (Lipinski definition) is 2. The second-order valence-corrected chi connectivity index (χ2v) is 5.14. The van der Waals surface area contributed by atoms with Crippen molar-refractivity contribution >= 4 is 21.8 Å². The molecular formula is C12H15BrN2O2. The maximum absolute atomic E-state index is 12.2. The molecule has 1 saturated heterocycles. The molecular weight excluding hydrogens is 284 g/mol. The molecule has 1 aliphatic rings. The average molecular weight is 299 g/mol. The summed E-state index contributed by atoms with van der Waals surface area (Å²) < 4.78 is 0.877. The molecule has 4 nitrogen and oxygen atoms in total. The van der Waals surface area contributed by atoms with Gasteiger partial charge in [-0.2, -0.15) is 0 Å². The lowest BCUT2D eigenvalue weighted by Gasteiger charge is -2.26. The summed E-state index contributed by atoms with van der Waals surface area (Å²) in [5.74, 6) is -0.0703. The highest BCUT2D eigenvalue weighted by Crippen LogP contribution is 2.16. The van der Waals surface area contributed by atoms with Crippen LogP contribution in [0.4, 0.5) is 0 Å². The summed E-state index contributed by atoms with van der Waals surface area (Å²) in [5.41, 5.74) is 0.626. The second-order valence-electron chi connectivity index (χ2n) is 4.22. The lowest BCUT2D eigenvalue weighted by Crippen LogP contribution is -2.44. The predicted molar refractivity (Wildman–Crippen MR) is 68.9 cm³/mol. The zero-order valence-electron chi connectivity index (χ0n) is 9.56. The summed E-state index contributed by atoms with van der Waals surface area (Å²) in [4.78, 5) is 13.8. The molecule has 1 aliphatic heterocycles. The third kappa shape index (κ3) is 2.68. The van der Waals surface area contributed by atoms with Crippen LogP contribution in [0.1, 0.15) is 10.4 Å². The summed E-state index contributed by atoms with van der Waals surface area (Å²) in [6.45, 7) is 1.18. The van der Waals surface area contributed by atoms with Gasteiger partial charge in [0, 0.05) is 30.2 Å². The predicted octanol–water partition coefficient (Wildman–Crippen LogP) is 0.854. The van der Waals surface area contributed by atoms with E-state index in [1.807, 2.05) is 12.1 Å². The summed E-state index contributed by atoms with van der Waals surface area (Å²) >= 11 is 3.34. The number of benzene rings is 1. The van der Waals surface area contributed by atoms with Crippen molar-refractivity contribution in [3.63, 3.8) is 0 Å². The molecule has 92 valence electrons. The molecule has 1 aromatic rings. The molecule has 0 aromatic heterocycles. The minimum Gasteiger partial charge on any atom is -0.390 e. The number of halogens is 1. The van der Waals surface area contributed by atoms with Gasteiger partial charge in [0.25, 0.3) is 5.91 Å². The van der Waals surface area contributed by atoms with E-state index >= 15 is 0 Å². The van der Waals surface area contributed by atoms with Crippen molar-refractivity contribution in [3.8, 4) is 0 Å². The first-order valence-electron chi connectivity index (χ1n) is 5.51. The summed E-state index contributed by atoms with van der Waals surface area (Å²) in [6, 6.07) is 7.12. The van der Waals surface area contributed by atoms with Crippen molar-refractivity contribution in [3.05, 3.63) is 34.3 Å². The molecule has 0 saturated carbocycles. The Labute approximate surface area is 109 Å². The number of amides is 1. The summed E-state index contributed by atoms with van der Waals surface area (Å²) in [5, 5.41) is 12.8. The van der Waals surface area contributed by atoms with E-state index in [4.69, 9.17) is 0 Å². The molecule has 1 amide bonds. The van der Waals surface area contributed by atoms with Gasteiger partial charge < -0.3 is 15.3 Å². The van der Waals surface area contributed by atoms with Crippen LogP contribution in [0.15, 0.2) is 28.7 Å². The number of rotatable bonds is 2. The Morgan fingerprint density at radius 2 is 2.29 bits per heavy atom. The first-order chi connectivity index (χ1) is 8.09. The smallest absolute Gasteiger partial charge is 0.254 e. The monoisotopic (exact) mass is 298 g/mol. The lowest BCUT2D eigenvalue weighted by atomic mass is 10.1. The Morgan fingerprint density at radius 1 is 1.53 bits per heavy atom. The van der Waals surface area contributed by atoms with Gasteiger partial charge in [0.2, 0.25) is 0 Å². The third-order valence-electron chi connectivity index (χ3n) is 3.04. The molecule has 0 bridgehead atoms. The molecule has 0 unspecified atom stereocenters. The van der Waals surface area contributed by atoms with Gasteiger partial charge in [-0.1, -0.05) is 22.0 Å². The molecule has 1 aromatic carbocycles. The van der Waals surface area contributed by atoms with Gasteiger partial charge in [0.05, 0.1) is 12.1 Å². The van der Waals surface area contributed by atoms with Gasteiger partial charge in [-0.05, 0) is 18.2 Å². The Hall–Kier alpha value is -0.910. The molecule has 0 radical (unpaired) electrons. The Bertz CT molecular complexity index is 425. The Morgan fingerprint density at radius 3 is 2.88 bits per heavy atom. The number of aliphatic hydroxyl groups is 1. The number of carbonyl (C=O) groups is 1. The van der Waals surface area contributed by atoms with Crippen LogP contribution in [0.5, 0.6) is 0 Å². The molecule has 0 aliphatic carbocycles. The molecule has 17 heavy (non-hydrogen) atoms. The van der Waals surface area contributed by atoms with Crippen LogP contribution in [-0.2, 0) is 0 Å². The van der Waals surface area contributed by atoms with Crippen molar-refractivity contribution < 1.29 is 9.90 Å². The molecule has 2 rings (SSSR count). The summed E-state index contributed by atoms with van der Waals surface area (Å²) in [7, 11) is 1.73. The fourth-order valence-corrected chi connectivity index (χ4v) is 2.42. The minimum atomic E-state index is -0.490. The van der Waals surface area contributed by atoms with Gasteiger partial charge in [-0.3, -0.25) is 4.79 Å². The molecule has 2 N–H and O–H groups in total. The van der Waals surface area contributed by atoms with Crippen LogP contribution in [0.3, 0.4) is 0 Å². The maximum atomic E-state index is 12.2. The molecule has 5 heteroatoms. The van der Waals surface area contributed by atoms with Crippen LogP contribution >= 0.6 is 15.9 Å². The van der Waals surface area contributed by atoms with Crippen molar-refractivity contribution in [1.29, 1.82) is 0 Å². The quantitative estimate of drug-likeness (QED) is 0.851. The first kappa shape index (κ1) is 12.5. The highest BCUT2D eigenvalue weighted by atomic mass is 79.9. The molecule has 2 atom stereocenters. The second kappa shape index (κ2) is 5.16. The fourth-order valence-electron chi connectivity index (χ4n) is 2.02. The van der Waals surface area contributed by atoms with Crippen LogP contribution in [-0.4, -0.2) is 48.2 Å². The highest BCUT2D eigenvalue weighted by molar-refractivity contribution is 9.10. The number of hydrogen-bond acceptors (Lipinski definition) is 3. The van der Waals surface area contributed by atoms with E-state index in [1.165, 1.54) is 0 Å². The van der Waals surface area contributed by atoms with Crippen molar-refractivity contribution in [1.82, 2.24) is 10.2 Å². The van der Waals surface area contributed by atoms with Crippen LogP contribution in [0.2, 0.25) is 0 Å². The summed E-state index contributed by atoms with van der Waals surface area (Å²) in [6.07, 6.45) is -0.490. The minimum absolute atomic E-state index is 0.0703. The number of β-amino-alcohol motifs (C(OH)–C–C–N with tert-alkyl or cyclic N) is 1. The lowest BCUT2D eigenvalue weighted by molar-refractivity contribution is 0.0581. The van der Waals surface area contributed by atoms with E-state index in [0.717, 1.165) is 4.47 Å². The van der Waals surface area contributed by atoms with Crippen molar-refractivity contribution in [2.24, 2.45) is 0 Å². The van der Waals surface area contributed by atoms with Gasteiger partial charge in [-0.15, -0.1) is 0 Å². The van der Waals surface area contributed by atoms with Crippen molar-refractivity contribution in [2.75, 3.05) is 20.1 Å². The zero-order valence-corrected chi connectivity index (χ0v) is 11.1. The van der Waals surface area contributed by atoms with E-state index in [0.29, 0.717) is 18.7 Å². The SMILES string of the molecule is CN(C(=O)c1cccc(Br)c1)[C@@H]1CNC[C@H]1O. The number of carbonyl (C=O) groups excluding carboxylic acids is 1. The van der Waals surface area contributed by atoms with Gasteiger partial charge in [0.1, 0.15) is 0 Å². The standard InChI is InChI=1S/C12H15BrN2O2/c1-15(10-6-14-7-11(10)16)12(17)8-3-2-4-9(13)5-8/h2-5,10-11,14,16H,6-7H2,1H3/t10-,11-/m1/s1. The van der Waals surface area contributed by atoms with Crippen LogP contribution in [0.25, 0.3) is 0 Å². The number of nitrogens with one attached hydrogen (secondary N) is 1. The van der Waals surface area contributed by atoms with E-state index in [1.54, 1.807) is 24.1 Å². The molecule has 0 spiro atoms. The number of aliphatic hydroxyl groups excluding tert-OH is 1. The van der Waals surface area contributed by atoms with Crippen molar-refractivity contribution in [2.45, 2.75) is 12.1 Å². The number of likely N-dealkylation sites (N-methyl/N-ethyl adjacent to an activating group) is 1. The largest absolute Gasteiger partial charge is 0.390 e. The topological polar surface area (TPSA) is 52.6 Å². The Balaban J connectivity index is 2.14. The van der Waals surface area contributed by atoms with E-state index in [9.17, 15) is 9.90 Å². The Kier molecular flexibility index (Phi) is 3.81.